The van der Waals surface area contributed by atoms with Gasteiger partial charge >= 0.3 is 5.97 Å². The van der Waals surface area contributed by atoms with Gasteiger partial charge in [-0.25, -0.2) is 9.78 Å². The number of thioether (sulfide) groups is 1. The molecule has 186 valence electrons. The van der Waals surface area contributed by atoms with Gasteiger partial charge < -0.3 is 36.9 Å². The van der Waals surface area contributed by atoms with Crippen LogP contribution in [0.5, 0.6) is 0 Å². The van der Waals surface area contributed by atoms with Crippen LogP contribution in [0.15, 0.2) is 12.5 Å². The Balaban J connectivity index is 2.82. The number of aliphatic carboxylic acids is 1. The number of amides is 3. The van der Waals surface area contributed by atoms with Crippen molar-refractivity contribution in [1.82, 2.24) is 25.9 Å². The zero-order valence-electron chi connectivity index (χ0n) is 19.0. The van der Waals surface area contributed by atoms with Crippen LogP contribution in [0, 0.1) is 5.92 Å². The molecule has 0 saturated carbocycles. The van der Waals surface area contributed by atoms with E-state index in [4.69, 9.17) is 5.73 Å². The van der Waals surface area contributed by atoms with Crippen molar-refractivity contribution >= 4 is 35.5 Å². The van der Waals surface area contributed by atoms with Gasteiger partial charge in [0.15, 0.2) is 0 Å². The fourth-order valence-corrected chi connectivity index (χ4v) is 3.38. The number of aliphatic hydroxyl groups excluding tert-OH is 1. The number of hydrogen-bond acceptors (Lipinski definition) is 8. The molecule has 0 radical (unpaired) electrons. The number of carbonyl (C=O) groups is 4. The Kier molecular flexibility index (Phi) is 12.5. The summed E-state index contributed by atoms with van der Waals surface area (Å²) in [6.07, 6.45) is 5.69. The number of aliphatic hydroxyl groups is 1. The zero-order chi connectivity index (χ0) is 25.0. The first kappa shape index (κ1) is 28.4. The van der Waals surface area contributed by atoms with Crippen LogP contribution in [-0.4, -0.2) is 86.7 Å². The van der Waals surface area contributed by atoms with Gasteiger partial charge in [-0.05, 0) is 24.3 Å². The first-order chi connectivity index (χ1) is 15.6. The first-order valence-corrected chi connectivity index (χ1v) is 12.0. The smallest absolute Gasteiger partial charge is 0.326 e. The lowest BCUT2D eigenvalue weighted by atomic mass is 9.97. The molecule has 0 aliphatic rings. The van der Waals surface area contributed by atoms with Gasteiger partial charge in [0.2, 0.25) is 17.7 Å². The van der Waals surface area contributed by atoms with E-state index in [0.29, 0.717) is 17.9 Å². The van der Waals surface area contributed by atoms with E-state index in [1.165, 1.54) is 24.3 Å². The topological polar surface area (TPSA) is 200 Å². The molecule has 0 bridgehead atoms. The zero-order valence-corrected chi connectivity index (χ0v) is 19.9. The highest BCUT2D eigenvalue weighted by atomic mass is 32.2. The Hall–Kier alpha value is -2.64. The predicted octanol–water partition coefficient (Wildman–Crippen LogP) is -1.39. The fourth-order valence-electron chi connectivity index (χ4n) is 2.91. The summed E-state index contributed by atoms with van der Waals surface area (Å²) in [6, 6.07) is -4.48. The average Bonchev–Trinajstić information content (AvgIpc) is 3.30. The molecule has 0 aromatic carbocycles. The number of hydrogen-bond donors (Lipinski definition) is 7. The van der Waals surface area contributed by atoms with Gasteiger partial charge in [0.05, 0.1) is 19.0 Å². The summed E-state index contributed by atoms with van der Waals surface area (Å²) in [7, 11) is 0. The number of carboxylic acids is 1. The molecule has 5 unspecified atom stereocenters. The van der Waals surface area contributed by atoms with Gasteiger partial charge in [0.25, 0.3) is 0 Å². The molecule has 0 fully saturated rings. The third kappa shape index (κ3) is 9.40. The summed E-state index contributed by atoms with van der Waals surface area (Å²) < 4.78 is 0. The summed E-state index contributed by atoms with van der Waals surface area (Å²) in [5.41, 5.74) is 6.49. The highest BCUT2D eigenvalue weighted by Gasteiger charge is 2.32. The van der Waals surface area contributed by atoms with Gasteiger partial charge in [-0.15, -0.1) is 0 Å². The van der Waals surface area contributed by atoms with Gasteiger partial charge in [-0.3, -0.25) is 14.4 Å². The van der Waals surface area contributed by atoms with Crippen LogP contribution in [0.3, 0.4) is 0 Å². The molecule has 1 rings (SSSR count). The first-order valence-electron chi connectivity index (χ1n) is 10.6. The maximum Gasteiger partial charge on any atom is 0.326 e. The molecule has 5 atom stereocenters. The second-order valence-corrected chi connectivity index (χ2v) is 8.67. The van der Waals surface area contributed by atoms with Crippen molar-refractivity contribution in [1.29, 1.82) is 0 Å². The number of nitrogens with zero attached hydrogens (tertiary/aromatic N) is 1. The largest absolute Gasteiger partial charge is 0.480 e. The van der Waals surface area contributed by atoms with Gasteiger partial charge in [0.1, 0.15) is 18.1 Å². The fraction of sp³-hybridized carbons (Fsp3) is 0.650. The Morgan fingerprint density at radius 1 is 1.15 bits per heavy atom. The van der Waals surface area contributed by atoms with Crippen molar-refractivity contribution < 1.29 is 29.4 Å². The molecular formula is C20H34N6O6S. The third-order valence-electron chi connectivity index (χ3n) is 5.17. The summed E-state index contributed by atoms with van der Waals surface area (Å²) in [5, 5.41) is 26.4. The minimum absolute atomic E-state index is 0.149. The standard InChI is InChI=1S/C20H34N6O6S/c1-4-11(2)16(19(30)24-14(20(31)32)5-6-33-3)26-18(29)15(9-27)25-17(28)13(21)7-12-8-22-10-23-12/h8,10-11,13-16,27H,4-7,9,21H2,1-3H3,(H,22,23)(H,24,30)(H,25,28)(H,26,29)(H,31,32). The van der Waals surface area contributed by atoms with Crippen molar-refractivity contribution in [3.63, 3.8) is 0 Å². The molecule has 0 aliphatic heterocycles. The second-order valence-electron chi connectivity index (χ2n) is 7.68. The van der Waals surface area contributed by atoms with Crippen molar-refractivity contribution in [2.24, 2.45) is 11.7 Å². The number of aromatic nitrogens is 2. The lowest BCUT2D eigenvalue weighted by Gasteiger charge is -2.27. The summed E-state index contributed by atoms with van der Waals surface area (Å²) in [4.78, 5) is 56.0. The average molecular weight is 487 g/mol. The van der Waals surface area contributed by atoms with E-state index < -0.39 is 54.5 Å². The quantitative estimate of drug-likeness (QED) is 0.156. The highest BCUT2D eigenvalue weighted by molar-refractivity contribution is 7.98. The molecule has 1 heterocycles. The number of nitrogens with one attached hydrogen (secondary N) is 4. The van der Waals surface area contributed by atoms with E-state index in [9.17, 15) is 29.4 Å². The molecule has 0 saturated heterocycles. The summed E-state index contributed by atoms with van der Waals surface area (Å²) in [6.45, 7) is 2.84. The number of rotatable bonds is 15. The van der Waals surface area contributed by atoms with E-state index in [1.807, 2.05) is 13.2 Å². The van der Waals surface area contributed by atoms with Gasteiger partial charge in [-0.2, -0.15) is 11.8 Å². The Morgan fingerprint density at radius 3 is 2.33 bits per heavy atom. The third-order valence-corrected chi connectivity index (χ3v) is 5.81. The maximum absolute atomic E-state index is 12.8. The number of carboxylic acid groups (broad SMARTS) is 1. The molecule has 33 heavy (non-hydrogen) atoms. The van der Waals surface area contributed by atoms with Crippen LogP contribution in [0.4, 0.5) is 0 Å². The summed E-state index contributed by atoms with van der Waals surface area (Å²) >= 11 is 1.45. The van der Waals surface area contributed by atoms with Crippen LogP contribution in [0.1, 0.15) is 32.4 Å². The van der Waals surface area contributed by atoms with E-state index in [-0.39, 0.29) is 18.8 Å². The second kappa shape index (κ2) is 14.5. The molecular weight excluding hydrogens is 452 g/mol. The number of nitrogens with two attached hydrogens (primary N) is 1. The van der Waals surface area contributed by atoms with E-state index >= 15 is 0 Å². The number of carbonyl (C=O) groups excluding carboxylic acids is 3. The minimum Gasteiger partial charge on any atom is -0.480 e. The predicted molar refractivity (Wildman–Crippen MR) is 123 cm³/mol. The molecule has 13 heteroatoms. The normalized spacial score (nSPS) is 15.5. The number of H-pyrrole nitrogens is 1. The number of aromatic amines is 1. The van der Waals surface area contributed by atoms with Crippen molar-refractivity contribution in [3.8, 4) is 0 Å². The molecule has 3 amide bonds. The lowest BCUT2D eigenvalue weighted by Crippen LogP contribution is -2.59. The highest BCUT2D eigenvalue weighted by Crippen LogP contribution is 2.10. The van der Waals surface area contributed by atoms with Crippen LogP contribution in [-0.2, 0) is 25.6 Å². The van der Waals surface area contributed by atoms with Crippen molar-refractivity contribution in [2.75, 3.05) is 18.6 Å². The van der Waals surface area contributed by atoms with Gasteiger partial charge in [0, 0.05) is 18.3 Å². The van der Waals surface area contributed by atoms with Gasteiger partial charge in [-0.1, -0.05) is 20.3 Å². The van der Waals surface area contributed by atoms with Crippen molar-refractivity contribution in [3.05, 3.63) is 18.2 Å². The molecule has 12 nitrogen and oxygen atoms in total. The Labute approximate surface area is 196 Å². The maximum atomic E-state index is 12.8. The van der Waals surface area contributed by atoms with Crippen LogP contribution >= 0.6 is 11.8 Å². The lowest BCUT2D eigenvalue weighted by molar-refractivity contribution is -0.142. The Morgan fingerprint density at radius 2 is 1.82 bits per heavy atom. The van der Waals surface area contributed by atoms with Crippen LogP contribution < -0.4 is 21.7 Å². The minimum atomic E-state index is -1.34. The van der Waals surface area contributed by atoms with E-state index in [0.717, 1.165) is 0 Å². The molecule has 0 aliphatic carbocycles. The molecule has 0 spiro atoms. The molecule has 1 aromatic heterocycles. The Bertz CT molecular complexity index is 777. The monoisotopic (exact) mass is 486 g/mol. The van der Waals surface area contributed by atoms with Crippen LogP contribution in [0.2, 0.25) is 0 Å². The van der Waals surface area contributed by atoms with Crippen LogP contribution in [0.25, 0.3) is 0 Å². The molecule has 8 N–H and O–H groups in total. The number of imidazole rings is 1. The van der Waals surface area contributed by atoms with E-state index in [1.54, 1.807) is 6.92 Å². The summed E-state index contributed by atoms with van der Waals surface area (Å²) in [5.74, 6) is -3.05. The van der Waals surface area contributed by atoms with Crippen molar-refractivity contribution in [2.45, 2.75) is 57.3 Å². The van der Waals surface area contributed by atoms with E-state index in [2.05, 4.69) is 25.9 Å². The molecule has 1 aromatic rings. The SMILES string of the molecule is CCC(C)C(NC(=O)C(CO)NC(=O)C(N)Cc1cnc[nH]1)C(=O)NC(CCSC)C(=O)O.